The van der Waals surface area contributed by atoms with Crippen molar-refractivity contribution in [1.29, 1.82) is 0 Å². The summed E-state index contributed by atoms with van der Waals surface area (Å²) >= 11 is 0. The third-order valence-corrected chi connectivity index (χ3v) is 9.19. The maximum Gasteiger partial charge on any atom is 0.316 e. The molecule has 2 aliphatic carbocycles. The van der Waals surface area contributed by atoms with Crippen molar-refractivity contribution in [2.75, 3.05) is 6.61 Å². The molecule has 2 unspecified atom stereocenters. The van der Waals surface area contributed by atoms with Crippen molar-refractivity contribution in [1.82, 2.24) is 5.16 Å². The largest absolute Gasteiger partial charge is 0.465 e. The predicted octanol–water partition coefficient (Wildman–Crippen LogP) is 8.50. The number of nitrogens with zero attached hydrogens (tertiary/aromatic N) is 1. The van der Waals surface area contributed by atoms with Crippen molar-refractivity contribution in [3.63, 3.8) is 0 Å². The van der Waals surface area contributed by atoms with Crippen LogP contribution in [0.25, 0.3) is 22.5 Å². The maximum atomic E-state index is 12.5. The molecule has 0 bridgehead atoms. The number of carbonyl (C=O) groups is 1. The Labute approximate surface area is 237 Å². The van der Waals surface area contributed by atoms with Crippen molar-refractivity contribution >= 4 is 5.97 Å². The smallest absolute Gasteiger partial charge is 0.316 e. The Kier molecular flexibility index (Phi) is 7.60. The lowest BCUT2D eigenvalue weighted by molar-refractivity contribution is -0.146. The molecule has 0 aliphatic heterocycles. The van der Waals surface area contributed by atoms with Crippen LogP contribution in [0.4, 0.5) is 0 Å². The number of aryl methyl sites for hydroxylation is 1. The van der Waals surface area contributed by atoms with Crippen molar-refractivity contribution < 1.29 is 14.1 Å². The lowest BCUT2D eigenvalue weighted by Crippen LogP contribution is -2.24. The molecule has 6 rings (SSSR count). The second kappa shape index (κ2) is 11.4. The van der Waals surface area contributed by atoms with E-state index < -0.39 is 5.41 Å². The van der Waals surface area contributed by atoms with Crippen LogP contribution in [0.15, 0.2) is 83.4 Å². The van der Waals surface area contributed by atoms with Crippen LogP contribution in [-0.2, 0) is 27.8 Å². The molecule has 4 nitrogen and oxygen atoms in total. The minimum Gasteiger partial charge on any atom is -0.465 e. The molecule has 1 heterocycles. The molecule has 0 radical (unpaired) electrons. The highest BCUT2D eigenvalue weighted by Crippen LogP contribution is 2.49. The summed E-state index contributed by atoms with van der Waals surface area (Å²) in [5, 5.41) is 4.40. The van der Waals surface area contributed by atoms with Gasteiger partial charge in [0.15, 0.2) is 5.76 Å². The molecule has 2 saturated carbocycles. The Hall–Kier alpha value is -3.66. The molecule has 0 N–H and O–H groups in total. The first-order valence-electron chi connectivity index (χ1n) is 14.9. The van der Waals surface area contributed by atoms with Crippen molar-refractivity contribution in [3.8, 4) is 22.5 Å². The fourth-order valence-corrected chi connectivity index (χ4v) is 6.66. The monoisotopic (exact) mass is 533 g/mol. The molecule has 3 aromatic carbocycles. The SMILES string of the molecule is CCOC(=O)C1(c2ccc(-c3ccc(-c4onc(C)c4CC4CCCCC4Cc4ccccc4)cc3)cc2)CC1. The Bertz CT molecular complexity index is 1430. The molecule has 4 heteroatoms. The highest BCUT2D eigenvalue weighted by atomic mass is 16.5. The van der Waals surface area contributed by atoms with Crippen LogP contribution >= 0.6 is 0 Å². The van der Waals surface area contributed by atoms with Gasteiger partial charge >= 0.3 is 5.97 Å². The van der Waals surface area contributed by atoms with Crippen LogP contribution in [-0.4, -0.2) is 17.7 Å². The molecule has 1 aromatic heterocycles. The first kappa shape index (κ1) is 26.6. The number of hydrogen-bond donors (Lipinski definition) is 0. The number of ether oxygens (including phenoxy) is 1. The van der Waals surface area contributed by atoms with E-state index >= 15 is 0 Å². The van der Waals surface area contributed by atoms with E-state index in [0.717, 1.165) is 59.4 Å². The number of hydrogen-bond acceptors (Lipinski definition) is 4. The zero-order valence-electron chi connectivity index (χ0n) is 23.7. The van der Waals surface area contributed by atoms with Crippen LogP contribution in [0.3, 0.4) is 0 Å². The van der Waals surface area contributed by atoms with Crippen LogP contribution in [0.5, 0.6) is 0 Å². The standard InChI is InChI=1S/C36H39NO3/c1-3-39-35(38)36(21-22-36)32-19-17-28(18-20-32)27-13-15-29(16-14-27)34-33(25(2)37-40-34)24-31-12-8-7-11-30(31)23-26-9-5-4-6-10-26/h4-6,9-10,13-20,30-31H,3,7-8,11-12,21-24H2,1-2H3. The van der Waals surface area contributed by atoms with E-state index in [2.05, 4.69) is 90.9 Å². The summed E-state index contributed by atoms with van der Waals surface area (Å²) in [6.07, 6.45) is 9.12. The van der Waals surface area contributed by atoms with Gasteiger partial charge in [-0.1, -0.05) is 96.9 Å². The maximum absolute atomic E-state index is 12.5. The van der Waals surface area contributed by atoms with E-state index in [9.17, 15) is 4.79 Å². The first-order valence-corrected chi connectivity index (χ1v) is 14.9. The summed E-state index contributed by atoms with van der Waals surface area (Å²) in [5.74, 6) is 2.16. The molecule has 206 valence electrons. The van der Waals surface area contributed by atoms with Crippen LogP contribution in [0.1, 0.15) is 67.8 Å². The van der Waals surface area contributed by atoms with Gasteiger partial charge in [0.2, 0.25) is 0 Å². The molecule has 2 aliphatic rings. The molecule has 0 spiro atoms. The fraction of sp³-hybridized carbons (Fsp3) is 0.389. The Morgan fingerprint density at radius 2 is 1.45 bits per heavy atom. The third-order valence-electron chi connectivity index (χ3n) is 9.19. The summed E-state index contributed by atoms with van der Waals surface area (Å²) in [5.41, 5.74) is 7.69. The zero-order valence-corrected chi connectivity index (χ0v) is 23.7. The van der Waals surface area contributed by atoms with E-state index in [1.807, 2.05) is 6.92 Å². The minimum atomic E-state index is -0.433. The number of esters is 1. The van der Waals surface area contributed by atoms with Crippen molar-refractivity contribution in [2.45, 2.75) is 70.6 Å². The van der Waals surface area contributed by atoms with Gasteiger partial charge in [-0.05, 0) is 86.5 Å². The van der Waals surface area contributed by atoms with Crippen LogP contribution < -0.4 is 0 Å². The summed E-state index contributed by atoms with van der Waals surface area (Å²) in [4.78, 5) is 12.5. The molecule has 0 amide bonds. The normalized spacial score (nSPS) is 19.8. The van der Waals surface area contributed by atoms with E-state index in [0.29, 0.717) is 18.4 Å². The van der Waals surface area contributed by atoms with Gasteiger partial charge in [-0.15, -0.1) is 0 Å². The highest BCUT2D eigenvalue weighted by Gasteiger charge is 2.52. The number of carbonyl (C=O) groups excluding carboxylic acids is 1. The summed E-state index contributed by atoms with van der Waals surface area (Å²) in [6.45, 7) is 4.37. The van der Waals surface area contributed by atoms with Gasteiger partial charge in [0.1, 0.15) is 0 Å². The van der Waals surface area contributed by atoms with Gasteiger partial charge in [-0.3, -0.25) is 4.79 Å². The third kappa shape index (κ3) is 5.37. The van der Waals surface area contributed by atoms with E-state index in [4.69, 9.17) is 9.26 Å². The van der Waals surface area contributed by atoms with Gasteiger partial charge in [0.05, 0.1) is 17.7 Å². The summed E-state index contributed by atoms with van der Waals surface area (Å²) in [6, 6.07) is 27.9. The fourth-order valence-electron chi connectivity index (χ4n) is 6.66. The molecule has 0 saturated heterocycles. The van der Waals surface area contributed by atoms with Gasteiger partial charge in [-0.2, -0.15) is 0 Å². The van der Waals surface area contributed by atoms with Crippen LogP contribution in [0.2, 0.25) is 0 Å². The average Bonchev–Trinajstić information content (AvgIpc) is 3.73. The molecular weight excluding hydrogens is 494 g/mol. The first-order chi connectivity index (χ1) is 19.6. The Balaban J connectivity index is 1.18. The molecule has 40 heavy (non-hydrogen) atoms. The Morgan fingerprint density at radius 3 is 2.08 bits per heavy atom. The second-order valence-electron chi connectivity index (χ2n) is 11.7. The number of rotatable bonds is 9. The van der Waals surface area contributed by atoms with E-state index in [1.165, 1.54) is 36.8 Å². The summed E-state index contributed by atoms with van der Waals surface area (Å²) < 4.78 is 11.3. The van der Waals surface area contributed by atoms with E-state index in [-0.39, 0.29) is 5.97 Å². The van der Waals surface area contributed by atoms with E-state index in [1.54, 1.807) is 0 Å². The summed E-state index contributed by atoms with van der Waals surface area (Å²) in [7, 11) is 0. The topological polar surface area (TPSA) is 52.3 Å². The number of aromatic nitrogens is 1. The second-order valence-corrected chi connectivity index (χ2v) is 11.7. The minimum absolute atomic E-state index is 0.0927. The lowest BCUT2D eigenvalue weighted by atomic mass is 9.73. The average molecular weight is 534 g/mol. The molecular formula is C36H39NO3. The van der Waals surface area contributed by atoms with Gasteiger partial charge < -0.3 is 9.26 Å². The molecule has 2 atom stereocenters. The quantitative estimate of drug-likeness (QED) is 0.202. The molecule has 4 aromatic rings. The zero-order chi connectivity index (χ0) is 27.5. The lowest BCUT2D eigenvalue weighted by Gasteiger charge is -2.32. The highest BCUT2D eigenvalue weighted by molar-refractivity contribution is 5.87. The van der Waals surface area contributed by atoms with Crippen molar-refractivity contribution in [2.24, 2.45) is 11.8 Å². The van der Waals surface area contributed by atoms with Gasteiger partial charge in [-0.25, -0.2) is 0 Å². The predicted molar refractivity (Wildman–Crippen MR) is 159 cm³/mol. The Morgan fingerprint density at radius 1 is 0.850 bits per heavy atom. The molecule has 2 fully saturated rings. The van der Waals surface area contributed by atoms with Crippen molar-refractivity contribution in [3.05, 3.63) is 101 Å². The van der Waals surface area contributed by atoms with Crippen LogP contribution in [0, 0.1) is 18.8 Å². The number of benzene rings is 3. The van der Waals surface area contributed by atoms with Gasteiger partial charge in [0.25, 0.3) is 0 Å². The van der Waals surface area contributed by atoms with Gasteiger partial charge in [0, 0.05) is 11.1 Å².